The molecule has 5 nitrogen and oxygen atoms in total. The zero-order valence-corrected chi connectivity index (χ0v) is 13.9. The highest BCUT2D eigenvalue weighted by Crippen LogP contribution is 2.30. The molecular weight excluding hydrogens is 272 g/mol. The molecule has 0 amide bonds. The van der Waals surface area contributed by atoms with Crippen molar-refractivity contribution in [3.05, 3.63) is 11.7 Å². The van der Waals surface area contributed by atoms with Crippen LogP contribution in [0.5, 0.6) is 0 Å². The first-order valence-electron chi connectivity index (χ1n) is 7.33. The molecule has 0 aromatic carbocycles. The average molecular weight is 298 g/mol. The van der Waals surface area contributed by atoms with Gasteiger partial charge in [-0.25, -0.2) is 0 Å². The van der Waals surface area contributed by atoms with E-state index in [0.717, 1.165) is 24.0 Å². The molecule has 0 aliphatic carbocycles. The van der Waals surface area contributed by atoms with Crippen molar-refractivity contribution in [2.24, 2.45) is 5.92 Å². The molecular formula is C14H26N4OS. The first-order chi connectivity index (χ1) is 9.54. The number of hydrogen-bond acceptors (Lipinski definition) is 6. The zero-order valence-electron chi connectivity index (χ0n) is 13.1. The van der Waals surface area contributed by atoms with Crippen molar-refractivity contribution in [3.63, 3.8) is 0 Å². The smallest absolute Gasteiger partial charge is 0.231 e. The Hall–Kier alpha value is -0.590. The van der Waals surface area contributed by atoms with E-state index in [-0.39, 0.29) is 12.0 Å². The maximum absolute atomic E-state index is 5.58. The minimum atomic E-state index is 0.253. The van der Waals surface area contributed by atoms with E-state index in [2.05, 4.69) is 43.2 Å². The normalized spacial score (nSPS) is 24.0. The van der Waals surface area contributed by atoms with Gasteiger partial charge in [-0.15, -0.1) is 0 Å². The fourth-order valence-corrected chi connectivity index (χ4v) is 3.94. The van der Waals surface area contributed by atoms with Crippen LogP contribution in [0.4, 0.5) is 0 Å². The lowest BCUT2D eigenvalue weighted by Gasteiger charge is -2.29. The van der Waals surface area contributed by atoms with Gasteiger partial charge in [0.1, 0.15) is 0 Å². The molecule has 1 aliphatic heterocycles. The largest absolute Gasteiger partial charge is 0.339 e. The number of likely N-dealkylation sites (N-methyl/N-ethyl adjacent to an activating group) is 1. The fourth-order valence-electron chi connectivity index (χ4n) is 2.73. The molecule has 0 radical (unpaired) electrons. The number of aromatic nitrogens is 2. The third kappa shape index (κ3) is 3.35. The highest BCUT2D eigenvalue weighted by Gasteiger charge is 2.31. The Balaban J connectivity index is 2.18. The summed E-state index contributed by atoms with van der Waals surface area (Å²) >= 11 is 1.96. The van der Waals surface area contributed by atoms with Crippen molar-refractivity contribution >= 4 is 11.8 Å². The van der Waals surface area contributed by atoms with Gasteiger partial charge >= 0.3 is 0 Å². The molecule has 2 rings (SSSR count). The van der Waals surface area contributed by atoms with Gasteiger partial charge in [-0.2, -0.15) is 16.7 Å². The maximum Gasteiger partial charge on any atom is 0.231 e. The van der Waals surface area contributed by atoms with Gasteiger partial charge in [0.2, 0.25) is 5.89 Å². The molecule has 0 saturated carbocycles. The van der Waals surface area contributed by atoms with Crippen LogP contribution in [0.1, 0.15) is 44.4 Å². The standard InChI is InChI=1S/C14H26N4OS/c1-9(2)12(10(3)15-4)14-16-13(17-19-14)11-8-20-7-6-18(11)5/h9-12,15H,6-8H2,1-5H3. The molecule has 0 bridgehead atoms. The summed E-state index contributed by atoms with van der Waals surface area (Å²) in [6.07, 6.45) is 0. The Bertz CT molecular complexity index is 423. The van der Waals surface area contributed by atoms with Crippen molar-refractivity contribution in [3.8, 4) is 0 Å². The van der Waals surface area contributed by atoms with Crippen LogP contribution in [-0.4, -0.2) is 53.2 Å². The van der Waals surface area contributed by atoms with Crippen LogP contribution in [-0.2, 0) is 0 Å². The molecule has 1 aromatic heterocycles. The number of hydrogen-bond donors (Lipinski definition) is 1. The Kier molecular flexibility index (Phi) is 5.46. The van der Waals surface area contributed by atoms with E-state index in [0.29, 0.717) is 12.0 Å². The van der Waals surface area contributed by atoms with Gasteiger partial charge in [0.15, 0.2) is 5.82 Å². The monoisotopic (exact) mass is 298 g/mol. The highest BCUT2D eigenvalue weighted by molar-refractivity contribution is 7.99. The molecule has 1 saturated heterocycles. The molecule has 1 aromatic rings. The SMILES string of the molecule is CNC(C)C(c1nc(C2CSCCN2C)no1)C(C)C. The highest BCUT2D eigenvalue weighted by atomic mass is 32.2. The minimum absolute atomic E-state index is 0.253. The van der Waals surface area contributed by atoms with Crippen molar-refractivity contribution in [1.82, 2.24) is 20.4 Å². The summed E-state index contributed by atoms with van der Waals surface area (Å²) < 4.78 is 5.58. The number of nitrogens with zero attached hydrogens (tertiary/aromatic N) is 3. The Labute approximate surface area is 125 Å². The zero-order chi connectivity index (χ0) is 14.7. The summed E-state index contributed by atoms with van der Waals surface area (Å²) in [5.41, 5.74) is 0. The molecule has 20 heavy (non-hydrogen) atoms. The van der Waals surface area contributed by atoms with Crippen LogP contribution in [0.25, 0.3) is 0 Å². The van der Waals surface area contributed by atoms with Crippen LogP contribution in [0, 0.1) is 5.92 Å². The van der Waals surface area contributed by atoms with Crippen LogP contribution >= 0.6 is 11.8 Å². The molecule has 2 heterocycles. The van der Waals surface area contributed by atoms with Crippen molar-refractivity contribution in [2.75, 3.05) is 32.1 Å². The summed E-state index contributed by atoms with van der Waals surface area (Å²) in [5, 5.41) is 7.54. The molecule has 1 N–H and O–H groups in total. The summed E-state index contributed by atoms with van der Waals surface area (Å²) in [7, 11) is 4.11. The molecule has 6 heteroatoms. The average Bonchev–Trinajstić information content (AvgIpc) is 2.88. The van der Waals surface area contributed by atoms with E-state index in [1.807, 2.05) is 18.8 Å². The molecule has 3 unspecified atom stereocenters. The first kappa shape index (κ1) is 15.8. The van der Waals surface area contributed by atoms with Gasteiger partial charge in [0.25, 0.3) is 0 Å². The van der Waals surface area contributed by atoms with Crippen LogP contribution in [0.2, 0.25) is 0 Å². The molecule has 1 fully saturated rings. The van der Waals surface area contributed by atoms with E-state index in [1.165, 1.54) is 5.75 Å². The van der Waals surface area contributed by atoms with Gasteiger partial charge < -0.3 is 9.84 Å². The molecule has 0 spiro atoms. The predicted molar refractivity (Wildman–Crippen MR) is 83.1 cm³/mol. The Morgan fingerprint density at radius 3 is 2.75 bits per heavy atom. The van der Waals surface area contributed by atoms with E-state index in [1.54, 1.807) is 0 Å². The predicted octanol–water partition coefficient (Wildman–Crippen LogP) is 2.14. The van der Waals surface area contributed by atoms with Crippen LogP contribution in [0.3, 0.4) is 0 Å². The van der Waals surface area contributed by atoms with E-state index < -0.39 is 0 Å². The van der Waals surface area contributed by atoms with E-state index in [9.17, 15) is 0 Å². The lowest BCUT2D eigenvalue weighted by Crippen LogP contribution is -2.34. The summed E-state index contributed by atoms with van der Waals surface area (Å²) in [4.78, 5) is 7.02. The third-order valence-corrected chi connectivity index (χ3v) is 5.17. The minimum Gasteiger partial charge on any atom is -0.339 e. The van der Waals surface area contributed by atoms with Crippen molar-refractivity contribution in [1.29, 1.82) is 0 Å². The van der Waals surface area contributed by atoms with E-state index in [4.69, 9.17) is 9.51 Å². The third-order valence-electron chi connectivity index (χ3n) is 4.15. The number of thioether (sulfide) groups is 1. The number of rotatable bonds is 5. The topological polar surface area (TPSA) is 54.2 Å². The van der Waals surface area contributed by atoms with Crippen LogP contribution in [0.15, 0.2) is 4.52 Å². The molecule has 114 valence electrons. The molecule has 1 aliphatic rings. The second kappa shape index (κ2) is 6.91. The van der Waals surface area contributed by atoms with Gasteiger partial charge in [-0.3, -0.25) is 4.90 Å². The quantitative estimate of drug-likeness (QED) is 0.899. The Morgan fingerprint density at radius 2 is 2.15 bits per heavy atom. The fraction of sp³-hybridized carbons (Fsp3) is 0.857. The maximum atomic E-state index is 5.58. The lowest BCUT2D eigenvalue weighted by molar-refractivity contribution is 0.252. The summed E-state index contributed by atoms with van der Waals surface area (Å²) in [6.45, 7) is 7.65. The van der Waals surface area contributed by atoms with Gasteiger partial charge in [0, 0.05) is 24.1 Å². The van der Waals surface area contributed by atoms with Gasteiger partial charge in [0.05, 0.1) is 12.0 Å². The van der Waals surface area contributed by atoms with Gasteiger partial charge in [-0.1, -0.05) is 19.0 Å². The van der Waals surface area contributed by atoms with Crippen molar-refractivity contribution < 1.29 is 4.52 Å². The summed E-state index contributed by atoms with van der Waals surface area (Å²) in [5.74, 6) is 4.54. The lowest BCUT2D eigenvalue weighted by atomic mass is 9.89. The summed E-state index contributed by atoms with van der Waals surface area (Å²) in [6, 6.07) is 0.603. The second-order valence-electron chi connectivity index (χ2n) is 5.91. The van der Waals surface area contributed by atoms with Gasteiger partial charge in [-0.05, 0) is 26.9 Å². The Morgan fingerprint density at radius 1 is 1.40 bits per heavy atom. The number of nitrogens with one attached hydrogen (secondary N) is 1. The molecule has 3 atom stereocenters. The van der Waals surface area contributed by atoms with Crippen molar-refractivity contribution in [2.45, 2.75) is 38.8 Å². The van der Waals surface area contributed by atoms with E-state index >= 15 is 0 Å². The van der Waals surface area contributed by atoms with Crippen LogP contribution < -0.4 is 5.32 Å². The second-order valence-corrected chi connectivity index (χ2v) is 7.06. The first-order valence-corrected chi connectivity index (χ1v) is 8.48.